The first-order chi connectivity index (χ1) is 15.9. The number of carbonyl (C=O) groups excluding carboxylic acids is 2. The van der Waals surface area contributed by atoms with Gasteiger partial charge in [0.1, 0.15) is 0 Å². The van der Waals surface area contributed by atoms with Crippen LogP contribution in [0.15, 0.2) is 78.9 Å². The van der Waals surface area contributed by atoms with Gasteiger partial charge in [0.2, 0.25) is 5.91 Å². The summed E-state index contributed by atoms with van der Waals surface area (Å²) in [5.41, 5.74) is 2.73. The minimum atomic E-state index is -0.485. The Bertz CT molecular complexity index is 1180. The number of para-hydroxylation sites is 2. The quantitative estimate of drug-likeness (QED) is 0.384. The highest BCUT2D eigenvalue weighted by molar-refractivity contribution is 6.07. The summed E-state index contributed by atoms with van der Waals surface area (Å²) < 4.78 is 0. The second kappa shape index (κ2) is 9.24. The SMILES string of the molecule is CCC(=O)N1c2ccccc2[C@H](N(C(=O)c2ccc([N+](=O)[O-])cc2)c2ccccc2)C[C@H]1C. The average Bonchev–Trinajstić information content (AvgIpc) is 2.84. The van der Waals surface area contributed by atoms with Crippen molar-refractivity contribution < 1.29 is 14.5 Å². The first kappa shape index (κ1) is 22.2. The van der Waals surface area contributed by atoms with Gasteiger partial charge in [-0.3, -0.25) is 19.7 Å². The summed E-state index contributed by atoms with van der Waals surface area (Å²) in [5, 5.41) is 11.0. The van der Waals surface area contributed by atoms with Gasteiger partial charge in [-0.05, 0) is 49.2 Å². The van der Waals surface area contributed by atoms with Crippen LogP contribution in [-0.2, 0) is 4.79 Å². The lowest BCUT2D eigenvalue weighted by atomic mass is 9.89. The first-order valence-electron chi connectivity index (χ1n) is 11.0. The number of benzene rings is 3. The largest absolute Gasteiger partial charge is 0.309 e. The van der Waals surface area contributed by atoms with Crippen LogP contribution in [0.5, 0.6) is 0 Å². The predicted octanol–water partition coefficient (Wildman–Crippen LogP) is 5.52. The van der Waals surface area contributed by atoms with Crippen molar-refractivity contribution in [3.8, 4) is 0 Å². The molecular weight excluding hydrogens is 418 g/mol. The molecule has 4 rings (SSSR count). The van der Waals surface area contributed by atoms with E-state index in [0.717, 1.165) is 16.9 Å². The molecule has 2 atom stereocenters. The molecule has 3 aromatic rings. The zero-order valence-corrected chi connectivity index (χ0v) is 18.5. The lowest BCUT2D eigenvalue weighted by Gasteiger charge is -2.43. The molecule has 2 amide bonds. The molecule has 1 aliphatic rings. The van der Waals surface area contributed by atoms with Crippen molar-refractivity contribution in [1.29, 1.82) is 0 Å². The van der Waals surface area contributed by atoms with Crippen LogP contribution in [0.2, 0.25) is 0 Å². The fourth-order valence-electron chi connectivity index (χ4n) is 4.47. The predicted molar refractivity (Wildman–Crippen MR) is 127 cm³/mol. The molecule has 0 unspecified atom stereocenters. The topological polar surface area (TPSA) is 83.8 Å². The number of rotatable bonds is 5. The van der Waals surface area contributed by atoms with Crippen LogP contribution in [0.25, 0.3) is 0 Å². The zero-order chi connectivity index (χ0) is 23.5. The molecule has 0 aliphatic carbocycles. The van der Waals surface area contributed by atoms with E-state index in [-0.39, 0.29) is 29.6 Å². The molecule has 168 valence electrons. The number of carbonyl (C=O) groups is 2. The third kappa shape index (κ3) is 4.22. The van der Waals surface area contributed by atoms with E-state index in [4.69, 9.17) is 0 Å². The van der Waals surface area contributed by atoms with Crippen molar-refractivity contribution in [2.75, 3.05) is 9.80 Å². The molecule has 0 saturated heterocycles. The Hall–Kier alpha value is -4.00. The summed E-state index contributed by atoms with van der Waals surface area (Å²) in [6.07, 6.45) is 0.962. The van der Waals surface area contributed by atoms with Crippen LogP contribution in [0.1, 0.15) is 48.7 Å². The van der Waals surface area contributed by atoms with Gasteiger partial charge in [0, 0.05) is 41.5 Å². The van der Waals surface area contributed by atoms with Gasteiger partial charge in [-0.25, -0.2) is 0 Å². The number of amides is 2. The second-order valence-electron chi connectivity index (χ2n) is 8.09. The Morgan fingerprint density at radius 1 is 1.00 bits per heavy atom. The van der Waals surface area contributed by atoms with Crippen LogP contribution >= 0.6 is 0 Å². The molecule has 0 fully saturated rings. The van der Waals surface area contributed by atoms with E-state index in [1.807, 2.05) is 73.3 Å². The number of anilines is 2. The van der Waals surface area contributed by atoms with Crippen molar-refractivity contribution in [3.05, 3.63) is 100 Å². The van der Waals surface area contributed by atoms with Gasteiger partial charge in [0.15, 0.2) is 0 Å². The van der Waals surface area contributed by atoms with Crippen LogP contribution in [0.4, 0.5) is 17.1 Å². The molecule has 0 aromatic heterocycles. The molecule has 0 spiro atoms. The maximum atomic E-state index is 13.8. The average molecular weight is 444 g/mol. The van der Waals surface area contributed by atoms with Gasteiger partial charge in [-0.2, -0.15) is 0 Å². The van der Waals surface area contributed by atoms with Gasteiger partial charge < -0.3 is 9.80 Å². The second-order valence-corrected chi connectivity index (χ2v) is 8.09. The summed E-state index contributed by atoms with van der Waals surface area (Å²) in [4.78, 5) is 40.6. The highest BCUT2D eigenvalue weighted by Gasteiger charge is 2.38. The van der Waals surface area contributed by atoms with Gasteiger partial charge in [-0.1, -0.05) is 43.3 Å². The number of hydrogen-bond donors (Lipinski definition) is 0. The normalized spacial score (nSPS) is 17.2. The van der Waals surface area contributed by atoms with E-state index < -0.39 is 4.92 Å². The minimum absolute atomic E-state index is 0.0429. The molecule has 0 saturated carbocycles. The summed E-state index contributed by atoms with van der Waals surface area (Å²) in [6.45, 7) is 3.84. The third-order valence-corrected chi connectivity index (χ3v) is 6.02. The molecular formula is C26H25N3O4. The van der Waals surface area contributed by atoms with E-state index in [1.165, 1.54) is 24.3 Å². The minimum Gasteiger partial charge on any atom is -0.309 e. The van der Waals surface area contributed by atoms with Crippen LogP contribution < -0.4 is 9.80 Å². The molecule has 33 heavy (non-hydrogen) atoms. The monoisotopic (exact) mass is 443 g/mol. The summed E-state index contributed by atoms with van der Waals surface area (Å²) >= 11 is 0. The van der Waals surface area contributed by atoms with Crippen LogP contribution in [-0.4, -0.2) is 22.8 Å². The number of hydrogen-bond acceptors (Lipinski definition) is 4. The Kier molecular flexibility index (Phi) is 6.22. The molecule has 7 nitrogen and oxygen atoms in total. The van der Waals surface area contributed by atoms with E-state index in [2.05, 4.69) is 0 Å². The fourth-order valence-corrected chi connectivity index (χ4v) is 4.47. The third-order valence-electron chi connectivity index (χ3n) is 6.02. The molecule has 0 bridgehead atoms. The Balaban J connectivity index is 1.82. The number of nitro benzene ring substituents is 1. The van der Waals surface area contributed by atoms with Crippen LogP contribution in [0.3, 0.4) is 0 Å². The smallest absolute Gasteiger partial charge is 0.269 e. The highest BCUT2D eigenvalue weighted by Crippen LogP contribution is 2.43. The molecule has 1 heterocycles. The Morgan fingerprint density at radius 3 is 2.27 bits per heavy atom. The molecule has 1 aliphatic heterocycles. The van der Waals surface area contributed by atoms with E-state index in [9.17, 15) is 19.7 Å². The lowest BCUT2D eigenvalue weighted by molar-refractivity contribution is -0.384. The zero-order valence-electron chi connectivity index (χ0n) is 18.5. The Labute approximate surface area is 192 Å². The van der Waals surface area contributed by atoms with Crippen molar-refractivity contribution >= 4 is 28.9 Å². The van der Waals surface area contributed by atoms with Crippen molar-refractivity contribution in [2.24, 2.45) is 0 Å². The number of fused-ring (bicyclic) bond motifs is 1. The van der Waals surface area contributed by atoms with Gasteiger partial charge in [-0.15, -0.1) is 0 Å². The molecule has 3 aromatic carbocycles. The first-order valence-corrected chi connectivity index (χ1v) is 11.0. The van der Waals surface area contributed by atoms with Crippen molar-refractivity contribution in [3.63, 3.8) is 0 Å². The van der Waals surface area contributed by atoms with Gasteiger partial charge in [0.25, 0.3) is 11.6 Å². The molecule has 0 N–H and O–H groups in total. The van der Waals surface area contributed by atoms with Gasteiger partial charge in [0.05, 0.1) is 11.0 Å². The maximum Gasteiger partial charge on any atom is 0.269 e. The van der Waals surface area contributed by atoms with E-state index >= 15 is 0 Å². The highest BCUT2D eigenvalue weighted by atomic mass is 16.6. The van der Waals surface area contributed by atoms with Gasteiger partial charge >= 0.3 is 0 Å². The van der Waals surface area contributed by atoms with E-state index in [1.54, 1.807) is 4.90 Å². The lowest BCUT2D eigenvalue weighted by Crippen LogP contribution is -2.47. The number of non-ortho nitro benzene ring substituents is 1. The Morgan fingerprint density at radius 2 is 1.64 bits per heavy atom. The van der Waals surface area contributed by atoms with Crippen molar-refractivity contribution in [2.45, 2.75) is 38.8 Å². The fraction of sp³-hybridized carbons (Fsp3) is 0.231. The van der Waals surface area contributed by atoms with Crippen LogP contribution in [0, 0.1) is 10.1 Å². The summed E-state index contributed by atoms with van der Waals surface area (Å²) in [5.74, 6) is -0.209. The summed E-state index contributed by atoms with van der Waals surface area (Å²) in [7, 11) is 0. The molecule has 7 heteroatoms. The number of nitrogens with zero attached hydrogens (tertiary/aromatic N) is 3. The standard InChI is InChI=1S/C26H25N3O4/c1-3-25(30)27-18(2)17-24(22-11-7-8-12-23(22)27)28(20-9-5-4-6-10-20)26(31)19-13-15-21(16-14-19)29(32)33/h4-16,18,24H,3,17H2,1-2H3/t18-,24-/m1/s1. The maximum absolute atomic E-state index is 13.8. The summed E-state index contributed by atoms with van der Waals surface area (Å²) in [6, 6.07) is 22.3. The number of nitro groups is 1. The van der Waals surface area contributed by atoms with E-state index in [0.29, 0.717) is 18.4 Å². The van der Waals surface area contributed by atoms with Crippen molar-refractivity contribution in [1.82, 2.24) is 0 Å². The molecule has 0 radical (unpaired) electrons.